The molecule has 1 saturated heterocycles. The summed E-state index contributed by atoms with van der Waals surface area (Å²) >= 11 is 2.89. The first-order valence-corrected chi connectivity index (χ1v) is 11.6. The van der Waals surface area contributed by atoms with Gasteiger partial charge in [-0.2, -0.15) is 0 Å². The normalized spacial score (nSPS) is 15.5. The van der Waals surface area contributed by atoms with Crippen LogP contribution in [-0.4, -0.2) is 45.3 Å². The van der Waals surface area contributed by atoms with Gasteiger partial charge < -0.3 is 15.5 Å². The highest BCUT2D eigenvalue weighted by Gasteiger charge is 2.35. The van der Waals surface area contributed by atoms with E-state index in [1.165, 1.54) is 18.3 Å². The minimum absolute atomic E-state index is 0.128. The lowest BCUT2D eigenvalue weighted by Gasteiger charge is -2.22. The molecule has 3 amide bonds. The third kappa shape index (κ3) is 4.95. The van der Waals surface area contributed by atoms with Gasteiger partial charge in [-0.05, 0) is 24.3 Å². The number of anilines is 2. The van der Waals surface area contributed by atoms with E-state index in [2.05, 4.69) is 15.6 Å². The maximum Gasteiger partial charge on any atom is 0.255 e. The largest absolute Gasteiger partial charge is 0.326 e. The van der Waals surface area contributed by atoms with E-state index in [9.17, 15) is 14.4 Å². The van der Waals surface area contributed by atoms with Crippen molar-refractivity contribution in [3.8, 4) is 11.3 Å². The highest BCUT2D eigenvalue weighted by molar-refractivity contribution is 7.99. The van der Waals surface area contributed by atoms with E-state index >= 15 is 0 Å². The molecule has 1 aliphatic heterocycles. The SMILES string of the molecule is CC(=O)Nc1ccc(-c2csc(NC(=O)[C@@H]3CSCN3C(=O)c3ccccc3)n2)cc1. The van der Waals surface area contributed by atoms with Crippen LogP contribution in [0.4, 0.5) is 10.8 Å². The van der Waals surface area contributed by atoms with E-state index in [0.29, 0.717) is 28.0 Å². The highest BCUT2D eigenvalue weighted by atomic mass is 32.2. The van der Waals surface area contributed by atoms with Crippen LogP contribution in [0.15, 0.2) is 60.0 Å². The summed E-state index contributed by atoms with van der Waals surface area (Å²) in [7, 11) is 0. The molecule has 0 spiro atoms. The zero-order valence-corrected chi connectivity index (χ0v) is 18.3. The van der Waals surface area contributed by atoms with Crippen molar-refractivity contribution < 1.29 is 14.4 Å². The summed E-state index contributed by atoms with van der Waals surface area (Å²) in [4.78, 5) is 42.9. The smallest absolute Gasteiger partial charge is 0.255 e. The van der Waals surface area contributed by atoms with Crippen molar-refractivity contribution in [2.24, 2.45) is 0 Å². The highest BCUT2D eigenvalue weighted by Crippen LogP contribution is 2.28. The summed E-state index contributed by atoms with van der Waals surface area (Å²) in [6.07, 6.45) is 0. The monoisotopic (exact) mass is 452 g/mol. The van der Waals surface area contributed by atoms with Crippen molar-refractivity contribution >= 4 is 51.6 Å². The Labute approximate surface area is 187 Å². The van der Waals surface area contributed by atoms with Crippen LogP contribution < -0.4 is 10.6 Å². The fourth-order valence-corrected chi connectivity index (χ4v) is 5.06. The molecule has 158 valence electrons. The number of hydrogen-bond acceptors (Lipinski definition) is 6. The first-order chi connectivity index (χ1) is 15.0. The van der Waals surface area contributed by atoms with Crippen LogP contribution in [0.1, 0.15) is 17.3 Å². The van der Waals surface area contributed by atoms with Crippen molar-refractivity contribution in [2.75, 3.05) is 22.3 Å². The molecule has 2 N–H and O–H groups in total. The molecule has 0 bridgehead atoms. The van der Waals surface area contributed by atoms with Crippen LogP contribution in [0, 0.1) is 0 Å². The van der Waals surface area contributed by atoms with Gasteiger partial charge in [0, 0.05) is 34.9 Å². The summed E-state index contributed by atoms with van der Waals surface area (Å²) in [6.45, 7) is 1.46. The maximum absolute atomic E-state index is 12.9. The molecule has 4 rings (SSSR count). The lowest BCUT2D eigenvalue weighted by atomic mass is 10.1. The third-order valence-electron chi connectivity index (χ3n) is 4.70. The Kier molecular flexibility index (Phi) is 6.34. The molecule has 1 atom stereocenters. The van der Waals surface area contributed by atoms with Crippen molar-refractivity contribution in [3.05, 3.63) is 65.5 Å². The predicted molar refractivity (Wildman–Crippen MR) is 124 cm³/mol. The van der Waals surface area contributed by atoms with Gasteiger partial charge in [0.2, 0.25) is 11.8 Å². The lowest BCUT2D eigenvalue weighted by Crippen LogP contribution is -2.44. The number of amides is 3. The molecule has 3 aromatic rings. The Balaban J connectivity index is 1.42. The van der Waals surface area contributed by atoms with Gasteiger partial charge in [-0.15, -0.1) is 23.1 Å². The van der Waals surface area contributed by atoms with E-state index in [0.717, 1.165) is 11.3 Å². The standard InChI is InChI=1S/C22H20N4O3S2/c1-14(27)23-17-9-7-15(8-10-17)18-11-31-22(24-18)25-20(28)19-12-30-13-26(19)21(29)16-5-3-2-4-6-16/h2-11,19H,12-13H2,1H3,(H,23,27)(H,24,25,28)/t19-/m0/s1. The van der Waals surface area contributed by atoms with E-state index in [1.54, 1.807) is 40.9 Å². The number of thiazole rings is 1. The number of benzene rings is 2. The lowest BCUT2D eigenvalue weighted by molar-refractivity contribution is -0.119. The van der Waals surface area contributed by atoms with Crippen molar-refractivity contribution in [2.45, 2.75) is 13.0 Å². The number of nitrogens with zero attached hydrogens (tertiary/aromatic N) is 2. The Morgan fingerprint density at radius 2 is 1.77 bits per heavy atom. The molecule has 2 aromatic carbocycles. The number of rotatable bonds is 5. The number of aromatic nitrogens is 1. The van der Waals surface area contributed by atoms with Crippen molar-refractivity contribution in [1.82, 2.24) is 9.88 Å². The second-order valence-corrected chi connectivity index (χ2v) is 8.80. The second-order valence-electron chi connectivity index (χ2n) is 6.94. The minimum Gasteiger partial charge on any atom is -0.326 e. The average molecular weight is 453 g/mol. The zero-order chi connectivity index (χ0) is 21.8. The molecular formula is C22H20N4O3S2. The van der Waals surface area contributed by atoms with Crippen LogP contribution in [-0.2, 0) is 9.59 Å². The Morgan fingerprint density at radius 3 is 2.48 bits per heavy atom. The maximum atomic E-state index is 12.9. The van der Waals surface area contributed by atoms with Crippen LogP contribution >= 0.6 is 23.1 Å². The van der Waals surface area contributed by atoms with Gasteiger partial charge in [-0.25, -0.2) is 4.98 Å². The number of carbonyl (C=O) groups excluding carboxylic acids is 3. The Bertz CT molecular complexity index is 1100. The number of nitrogens with one attached hydrogen (secondary N) is 2. The first-order valence-electron chi connectivity index (χ1n) is 9.59. The Hall–Kier alpha value is -3.17. The summed E-state index contributed by atoms with van der Waals surface area (Å²) in [6, 6.07) is 15.8. The van der Waals surface area contributed by atoms with Crippen LogP contribution in [0.25, 0.3) is 11.3 Å². The summed E-state index contributed by atoms with van der Waals surface area (Å²) in [5.41, 5.74) is 2.89. The number of hydrogen-bond donors (Lipinski definition) is 2. The fraction of sp³-hybridized carbons (Fsp3) is 0.182. The average Bonchev–Trinajstić information content (AvgIpc) is 3.44. The first kappa shape index (κ1) is 21.1. The van der Waals surface area contributed by atoms with E-state index < -0.39 is 6.04 Å². The van der Waals surface area contributed by atoms with Gasteiger partial charge in [0.25, 0.3) is 5.91 Å². The summed E-state index contributed by atoms with van der Waals surface area (Å²) in [5, 5.41) is 7.92. The number of carbonyl (C=O) groups is 3. The molecule has 0 unspecified atom stereocenters. The molecule has 0 radical (unpaired) electrons. The molecular weight excluding hydrogens is 432 g/mol. The Morgan fingerprint density at radius 1 is 1.03 bits per heavy atom. The van der Waals surface area contributed by atoms with Crippen LogP contribution in [0.2, 0.25) is 0 Å². The molecule has 0 saturated carbocycles. The number of thioether (sulfide) groups is 1. The van der Waals surface area contributed by atoms with E-state index in [4.69, 9.17) is 0 Å². The summed E-state index contributed by atoms with van der Waals surface area (Å²) < 4.78 is 0. The quantitative estimate of drug-likeness (QED) is 0.612. The molecule has 2 heterocycles. The van der Waals surface area contributed by atoms with Crippen LogP contribution in [0.3, 0.4) is 0 Å². The second kappa shape index (κ2) is 9.32. The molecule has 1 aromatic heterocycles. The molecule has 1 fully saturated rings. The molecule has 7 nitrogen and oxygen atoms in total. The van der Waals surface area contributed by atoms with Crippen LogP contribution in [0.5, 0.6) is 0 Å². The van der Waals surface area contributed by atoms with Crippen molar-refractivity contribution in [3.63, 3.8) is 0 Å². The van der Waals surface area contributed by atoms with Gasteiger partial charge in [-0.3, -0.25) is 14.4 Å². The molecule has 31 heavy (non-hydrogen) atoms. The zero-order valence-electron chi connectivity index (χ0n) is 16.7. The third-order valence-corrected chi connectivity index (χ3v) is 6.47. The van der Waals surface area contributed by atoms with Gasteiger partial charge in [0.15, 0.2) is 5.13 Å². The van der Waals surface area contributed by atoms with Gasteiger partial charge in [0.1, 0.15) is 6.04 Å². The van der Waals surface area contributed by atoms with Gasteiger partial charge >= 0.3 is 0 Å². The topological polar surface area (TPSA) is 91.4 Å². The van der Waals surface area contributed by atoms with Crippen molar-refractivity contribution in [1.29, 1.82) is 0 Å². The predicted octanol–water partition coefficient (Wildman–Crippen LogP) is 3.92. The van der Waals surface area contributed by atoms with E-state index in [1.807, 2.05) is 35.7 Å². The molecule has 1 aliphatic rings. The molecule has 9 heteroatoms. The minimum atomic E-state index is -0.540. The van der Waals surface area contributed by atoms with E-state index in [-0.39, 0.29) is 17.7 Å². The fourth-order valence-electron chi connectivity index (χ4n) is 3.19. The van der Waals surface area contributed by atoms with Gasteiger partial charge in [0.05, 0.1) is 11.6 Å². The summed E-state index contributed by atoms with van der Waals surface area (Å²) in [5.74, 6) is 0.514. The van der Waals surface area contributed by atoms with Gasteiger partial charge in [-0.1, -0.05) is 30.3 Å². The molecule has 0 aliphatic carbocycles.